The van der Waals surface area contributed by atoms with Gasteiger partial charge in [-0.25, -0.2) is 4.79 Å². The van der Waals surface area contributed by atoms with E-state index in [1.807, 2.05) is 18.2 Å². The molecule has 35 heavy (non-hydrogen) atoms. The van der Waals surface area contributed by atoms with Crippen molar-refractivity contribution in [1.82, 2.24) is 5.32 Å². The van der Waals surface area contributed by atoms with Crippen LogP contribution in [-0.2, 0) is 33.9 Å². The van der Waals surface area contributed by atoms with Crippen LogP contribution in [0.15, 0.2) is 66.7 Å². The zero-order chi connectivity index (χ0) is 24.8. The Kier molecular flexibility index (Phi) is 7.63. The topological polar surface area (TPSA) is 90.6 Å². The van der Waals surface area contributed by atoms with Gasteiger partial charge in [-0.15, -0.1) is 0 Å². The second kappa shape index (κ2) is 11.0. The Labute approximate surface area is 205 Å². The van der Waals surface area contributed by atoms with E-state index in [0.717, 1.165) is 28.7 Å². The normalized spacial score (nSPS) is 12.7. The van der Waals surface area contributed by atoms with Crippen LogP contribution < -0.4 is 15.8 Å². The van der Waals surface area contributed by atoms with Crippen LogP contribution in [-0.4, -0.2) is 18.5 Å². The van der Waals surface area contributed by atoms with Crippen molar-refractivity contribution in [3.63, 3.8) is 0 Å². The summed E-state index contributed by atoms with van der Waals surface area (Å²) in [5, 5.41) is 2.68. The van der Waals surface area contributed by atoms with E-state index in [4.69, 9.17) is 15.2 Å². The molecule has 0 aliphatic heterocycles. The summed E-state index contributed by atoms with van der Waals surface area (Å²) in [4.78, 5) is 24.4. The summed E-state index contributed by atoms with van der Waals surface area (Å²) in [6.45, 7) is 4.11. The van der Waals surface area contributed by atoms with Gasteiger partial charge in [-0.1, -0.05) is 48.6 Å². The molecular formula is C29H30N2O4. The first kappa shape index (κ1) is 24.2. The number of benzene rings is 3. The maximum Gasteiger partial charge on any atom is 0.333 e. The molecule has 1 atom stereocenters. The number of esters is 1. The van der Waals surface area contributed by atoms with Gasteiger partial charge in [-0.2, -0.15) is 0 Å². The van der Waals surface area contributed by atoms with E-state index in [0.29, 0.717) is 24.5 Å². The number of allylic oxidation sites excluding steroid dienone is 1. The van der Waals surface area contributed by atoms with Gasteiger partial charge < -0.3 is 20.5 Å². The van der Waals surface area contributed by atoms with Gasteiger partial charge in [0.1, 0.15) is 12.4 Å². The Balaban J connectivity index is 1.64. The quantitative estimate of drug-likeness (QED) is 0.443. The maximum absolute atomic E-state index is 12.6. The number of nitrogens with two attached hydrogens (primary N) is 1. The first-order chi connectivity index (χ1) is 17.0. The highest BCUT2D eigenvalue weighted by Gasteiger charge is 2.26. The molecule has 0 radical (unpaired) electrons. The summed E-state index contributed by atoms with van der Waals surface area (Å²) in [6, 6.07) is 18.8. The van der Waals surface area contributed by atoms with Crippen LogP contribution in [0.3, 0.4) is 0 Å². The number of hydrogen-bond donors (Lipinski definition) is 2. The predicted octanol–water partition coefficient (Wildman–Crippen LogP) is 4.70. The minimum absolute atomic E-state index is 0.217. The molecule has 6 nitrogen and oxygen atoms in total. The van der Waals surface area contributed by atoms with E-state index in [-0.39, 0.29) is 12.5 Å². The Hall–Kier alpha value is -3.90. The molecule has 0 saturated heterocycles. The van der Waals surface area contributed by atoms with Gasteiger partial charge >= 0.3 is 5.97 Å². The first-order valence-electron chi connectivity index (χ1n) is 11.8. The van der Waals surface area contributed by atoms with Crippen LogP contribution >= 0.6 is 0 Å². The molecule has 0 heterocycles. The van der Waals surface area contributed by atoms with Crippen molar-refractivity contribution in [1.29, 1.82) is 0 Å². The molecule has 3 N–H and O–H groups in total. The van der Waals surface area contributed by atoms with E-state index in [9.17, 15) is 9.59 Å². The number of carbonyl (C=O) groups is 2. The molecule has 3 aromatic rings. The van der Waals surface area contributed by atoms with Crippen molar-refractivity contribution in [2.45, 2.75) is 39.5 Å². The molecule has 1 amide bonds. The van der Waals surface area contributed by atoms with Crippen molar-refractivity contribution in [3.8, 4) is 16.9 Å². The molecule has 3 aromatic carbocycles. The number of rotatable bonds is 9. The number of ether oxygens (including phenoxy) is 2. The summed E-state index contributed by atoms with van der Waals surface area (Å²) in [5.74, 6) is -0.335. The monoisotopic (exact) mass is 470 g/mol. The number of carbonyl (C=O) groups excluding carboxylic acids is 2. The van der Waals surface area contributed by atoms with E-state index in [1.165, 1.54) is 18.1 Å². The third-order valence-electron chi connectivity index (χ3n) is 5.93. The Morgan fingerprint density at radius 2 is 1.89 bits per heavy atom. The largest absolute Gasteiger partial charge is 0.489 e. The highest BCUT2D eigenvalue weighted by atomic mass is 16.5. The van der Waals surface area contributed by atoms with Crippen molar-refractivity contribution in [2.75, 3.05) is 6.61 Å². The van der Waals surface area contributed by atoms with E-state index < -0.39 is 12.0 Å². The number of hydrogen-bond acceptors (Lipinski definition) is 5. The minimum Gasteiger partial charge on any atom is -0.489 e. The molecule has 0 spiro atoms. The van der Waals surface area contributed by atoms with Gasteiger partial charge in [0.25, 0.3) is 0 Å². The van der Waals surface area contributed by atoms with E-state index >= 15 is 0 Å². The first-order valence-corrected chi connectivity index (χ1v) is 11.8. The van der Waals surface area contributed by atoms with Gasteiger partial charge in [0.15, 0.2) is 6.04 Å². The fourth-order valence-electron chi connectivity index (χ4n) is 4.35. The smallest absolute Gasteiger partial charge is 0.333 e. The Morgan fingerprint density at radius 1 is 1.06 bits per heavy atom. The third-order valence-corrected chi connectivity index (χ3v) is 5.93. The third kappa shape index (κ3) is 5.61. The van der Waals surface area contributed by atoms with Crippen LogP contribution in [0.1, 0.15) is 47.7 Å². The fraction of sp³-hybridized carbons (Fsp3) is 0.241. The van der Waals surface area contributed by atoms with Crippen molar-refractivity contribution < 1.29 is 19.1 Å². The number of nitrogens with one attached hydrogen (secondary N) is 1. The summed E-state index contributed by atoms with van der Waals surface area (Å²) in [5.41, 5.74) is 13.3. The molecule has 1 unspecified atom stereocenters. The summed E-state index contributed by atoms with van der Waals surface area (Å²) in [7, 11) is 0. The maximum atomic E-state index is 12.6. The molecule has 0 saturated carbocycles. The standard InChI is InChI=1S/C29H30N2O4/c1-3-34-29(33)28(31-19(2)32)25-11-4-5-13-27(25)35-18-21-15-22-10-7-12-24(22)26(16-21)23-9-6-8-20(14-23)17-30/h4-11,13-16,28H,3,12,17-18,30H2,1-2H3,(H,31,32). The number of amides is 1. The molecular weight excluding hydrogens is 440 g/mol. The lowest BCUT2D eigenvalue weighted by Crippen LogP contribution is -2.33. The van der Waals surface area contributed by atoms with Crippen molar-refractivity contribution in [3.05, 3.63) is 94.6 Å². The van der Waals surface area contributed by atoms with Gasteiger partial charge in [0, 0.05) is 19.0 Å². The summed E-state index contributed by atoms with van der Waals surface area (Å²) in [6.07, 6.45) is 5.19. The van der Waals surface area contributed by atoms with Gasteiger partial charge in [0.2, 0.25) is 5.91 Å². The molecule has 1 aliphatic rings. The summed E-state index contributed by atoms with van der Waals surface area (Å²) >= 11 is 0. The van der Waals surface area contributed by atoms with Gasteiger partial charge in [0.05, 0.1) is 6.61 Å². The lowest BCUT2D eigenvalue weighted by Gasteiger charge is -2.20. The van der Waals surface area contributed by atoms with Gasteiger partial charge in [-0.3, -0.25) is 4.79 Å². The average molecular weight is 471 g/mol. The molecule has 0 aromatic heterocycles. The van der Waals surface area contributed by atoms with Crippen LogP contribution in [0.4, 0.5) is 0 Å². The predicted molar refractivity (Wildman–Crippen MR) is 136 cm³/mol. The molecule has 4 rings (SSSR count). The highest BCUT2D eigenvalue weighted by Crippen LogP contribution is 2.34. The Bertz CT molecular complexity index is 1270. The zero-order valence-corrected chi connectivity index (χ0v) is 20.0. The van der Waals surface area contributed by atoms with E-state index in [1.54, 1.807) is 25.1 Å². The molecule has 0 fully saturated rings. The van der Waals surface area contributed by atoms with Crippen LogP contribution in [0.5, 0.6) is 5.75 Å². The molecule has 6 heteroatoms. The Morgan fingerprint density at radius 3 is 2.66 bits per heavy atom. The average Bonchev–Trinajstić information content (AvgIpc) is 3.34. The molecule has 180 valence electrons. The van der Waals surface area contributed by atoms with Crippen LogP contribution in [0.2, 0.25) is 0 Å². The zero-order valence-electron chi connectivity index (χ0n) is 20.0. The second-order valence-corrected chi connectivity index (χ2v) is 8.43. The SMILES string of the molecule is CCOC(=O)C(NC(C)=O)c1ccccc1OCc1cc2c(c(-c3cccc(CN)c3)c1)CC=C2. The number of para-hydroxylation sites is 1. The molecule has 0 bridgehead atoms. The van der Waals surface area contributed by atoms with Crippen LogP contribution in [0.25, 0.3) is 17.2 Å². The van der Waals surface area contributed by atoms with Crippen molar-refractivity contribution in [2.24, 2.45) is 5.73 Å². The minimum atomic E-state index is -0.943. The van der Waals surface area contributed by atoms with Crippen molar-refractivity contribution >= 4 is 18.0 Å². The fourth-order valence-corrected chi connectivity index (χ4v) is 4.35. The second-order valence-electron chi connectivity index (χ2n) is 8.43. The lowest BCUT2D eigenvalue weighted by atomic mass is 9.93. The number of fused-ring (bicyclic) bond motifs is 1. The highest BCUT2D eigenvalue weighted by molar-refractivity contribution is 5.85. The molecule has 1 aliphatic carbocycles. The summed E-state index contributed by atoms with van der Waals surface area (Å²) < 4.78 is 11.4. The van der Waals surface area contributed by atoms with Crippen LogP contribution in [0, 0.1) is 0 Å². The van der Waals surface area contributed by atoms with Gasteiger partial charge in [-0.05, 0) is 71.0 Å². The van der Waals surface area contributed by atoms with E-state index in [2.05, 4.69) is 41.7 Å². The lowest BCUT2D eigenvalue weighted by molar-refractivity contribution is -0.147.